The summed E-state index contributed by atoms with van der Waals surface area (Å²) < 4.78 is 5.25. The van der Waals surface area contributed by atoms with Crippen molar-refractivity contribution in [2.45, 2.75) is 6.92 Å². The van der Waals surface area contributed by atoms with Crippen LogP contribution < -0.4 is 10.1 Å². The predicted octanol–water partition coefficient (Wildman–Crippen LogP) is 3.86. The van der Waals surface area contributed by atoms with Gasteiger partial charge >= 0.3 is 0 Å². The smallest absolute Gasteiger partial charge is 0.267 e. The van der Waals surface area contributed by atoms with Crippen LogP contribution in [0.3, 0.4) is 0 Å². The molecule has 1 amide bonds. The van der Waals surface area contributed by atoms with Gasteiger partial charge in [0, 0.05) is 0 Å². The number of carbonyl (C=O) groups excluding carboxylic acids is 1. The first kappa shape index (κ1) is 14.4. The zero-order valence-corrected chi connectivity index (χ0v) is 12.2. The zero-order chi connectivity index (χ0) is 14.5. The second-order valence-corrected chi connectivity index (χ2v) is 5.22. The molecule has 0 fully saturated rings. The van der Waals surface area contributed by atoms with Gasteiger partial charge in [0.25, 0.3) is 5.91 Å². The lowest BCUT2D eigenvalue weighted by molar-refractivity contribution is 0.103. The normalized spacial score (nSPS) is 9.85. The maximum Gasteiger partial charge on any atom is 0.267 e. The van der Waals surface area contributed by atoms with Gasteiger partial charge in [0.2, 0.25) is 0 Å². The van der Waals surface area contributed by atoms with Gasteiger partial charge in [0.05, 0.1) is 10.7 Å². The first-order valence-corrected chi connectivity index (χ1v) is 7.03. The summed E-state index contributed by atoms with van der Waals surface area (Å²) in [4.78, 5) is 12.6. The molecular weight excluding hydrogens is 296 g/mol. The van der Waals surface area contributed by atoms with E-state index in [4.69, 9.17) is 21.6 Å². The Morgan fingerprint density at radius 1 is 1.50 bits per heavy atom. The largest absolute Gasteiger partial charge is 0.477 e. The summed E-state index contributed by atoms with van der Waals surface area (Å²) in [7, 11) is 0. The Kier molecular flexibility index (Phi) is 4.61. The van der Waals surface area contributed by atoms with Crippen LogP contribution in [0, 0.1) is 18.3 Å². The molecule has 0 radical (unpaired) electrons. The van der Waals surface area contributed by atoms with E-state index in [1.165, 1.54) is 11.3 Å². The van der Waals surface area contributed by atoms with E-state index in [0.29, 0.717) is 21.3 Å². The summed E-state index contributed by atoms with van der Waals surface area (Å²) >= 11 is 7.36. The average molecular weight is 307 g/mol. The Bertz CT molecular complexity index is 676. The lowest BCUT2D eigenvalue weighted by Gasteiger charge is -2.10. The van der Waals surface area contributed by atoms with Crippen molar-refractivity contribution in [1.29, 1.82) is 5.26 Å². The number of benzene rings is 1. The number of hydrogen-bond acceptors (Lipinski definition) is 4. The van der Waals surface area contributed by atoms with Crippen LogP contribution in [-0.4, -0.2) is 12.5 Å². The lowest BCUT2D eigenvalue weighted by atomic mass is 10.2. The molecule has 0 atom stereocenters. The highest BCUT2D eigenvalue weighted by Gasteiger charge is 2.16. The van der Waals surface area contributed by atoms with Gasteiger partial charge in [0.15, 0.2) is 6.61 Å². The second-order valence-electron chi connectivity index (χ2n) is 3.96. The molecule has 6 heteroatoms. The number of aryl methyl sites for hydroxylation is 1. The zero-order valence-electron chi connectivity index (χ0n) is 10.6. The highest BCUT2D eigenvalue weighted by atomic mass is 35.5. The van der Waals surface area contributed by atoms with Crippen molar-refractivity contribution in [1.82, 2.24) is 0 Å². The molecule has 1 heterocycles. The van der Waals surface area contributed by atoms with Gasteiger partial charge in [-0.05, 0) is 30.0 Å². The van der Waals surface area contributed by atoms with Crippen molar-refractivity contribution in [3.05, 3.63) is 45.1 Å². The maximum absolute atomic E-state index is 12.2. The van der Waals surface area contributed by atoms with Crippen LogP contribution in [0.25, 0.3) is 0 Å². The van der Waals surface area contributed by atoms with E-state index >= 15 is 0 Å². The highest BCUT2D eigenvalue weighted by Crippen LogP contribution is 2.30. The molecule has 1 aromatic carbocycles. The number of hydrogen-bond donors (Lipinski definition) is 1. The van der Waals surface area contributed by atoms with Gasteiger partial charge in [0.1, 0.15) is 16.7 Å². The molecule has 2 rings (SSSR count). The summed E-state index contributed by atoms with van der Waals surface area (Å²) in [6, 6.07) is 8.83. The number of anilines is 1. The van der Waals surface area contributed by atoms with Crippen molar-refractivity contribution < 1.29 is 9.53 Å². The predicted molar refractivity (Wildman–Crippen MR) is 79.6 cm³/mol. The number of thiophene rings is 1. The Labute approximate surface area is 125 Å². The first-order chi connectivity index (χ1) is 9.63. The SMILES string of the molecule is Cc1csc(C(=O)Nc2ccccc2OCC#N)c1Cl. The molecule has 0 aliphatic heterocycles. The molecule has 4 nitrogen and oxygen atoms in total. The summed E-state index contributed by atoms with van der Waals surface area (Å²) in [6.45, 7) is 1.77. The van der Waals surface area contributed by atoms with Crippen LogP contribution in [0.1, 0.15) is 15.2 Å². The van der Waals surface area contributed by atoms with Gasteiger partial charge in [-0.3, -0.25) is 4.79 Å². The van der Waals surface area contributed by atoms with E-state index in [2.05, 4.69) is 5.32 Å². The molecule has 2 aromatic rings. The third-order valence-electron chi connectivity index (χ3n) is 2.53. The monoisotopic (exact) mass is 306 g/mol. The summed E-state index contributed by atoms with van der Waals surface area (Å²) in [5.41, 5.74) is 1.38. The van der Waals surface area contributed by atoms with Crippen molar-refractivity contribution in [2.24, 2.45) is 0 Å². The molecule has 0 bridgehead atoms. The first-order valence-electron chi connectivity index (χ1n) is 5.77. The third kappa shape index (κ3) is 3.10. The topological polar surface area (TPSA) is 62.1 Å². The number of nitriles is 1. The van der Waals surface area contributed by atoms with Crippen LogP contribution in [0.15, 0.2) is 29.6 Å². The number of ether oxygens (including phenoxy) is 1. The number of amides is 1. The van der Waals surface area contributed by atoms with E-state index in [0.717, 1.165) is 5.56 Å². The number of carbonyl (C=O) groups is 1. The van der Waals surface area contributed by atoms with E-state index < -0.39 is 0 Å². The molecule has 102 valence electrons. The van der Waals surface area contributed by atoms with Crippen molar-refractivity contribution in [3.8, 4) is 11.8 Å². The molecule has 20 heavy (non-hydrogen) atoms. The number of rotatable bonds is 4. The van der Waals surface area contributed by atoms with Gasteiger partial charge < -0.3 is 10.1 Å². The summed E-state index contributed by atoms with van der Waals surface area (Å²) in [5.74, 6) is 0.160. The van der Waals surface area contributed by atoms with Crippen LogP contribution in [0.4, 0.5) is 5.69 Å². The van der Waals surface area contributed by atoms with Crippen LogP contribution >= 0.6 is 22.9 Å². The second kappa shape index (κ2) is 6.42. The molecule has 0 saturated carbocycles. The summed E-state index contributed by atoms with van der Waals surface area (Å²) in [5, 5.41) is 13.6. The molecule has 0 unspecified atom stereocenters. The van der Waals surface area contributed by atoms with E-state index in [9.17, 15) is 4.79 Å². The van der Waals surface area contributed by atoms with Crippen LogP contribution in [0.5, 0.6) is 5.75 Å². The Morgan fingerprint density at radius 2 is 2.25 bits per heavy atom. The standard InChI is InChI=1S/C14H11ClN2O2S/c1-9-8-20-13(12(9)15)14(18)17-10-4-2-3-5-11(10)19-7-6-16/h2-5,8H,7H2,1H3,(H,17,18). The summed E-state index contributed by atoms with van der Waals surface area (Å²) in [6.07, 6.45) is 0. The highest BCUT2D eigenvalue weighted by molar-refractivity contribution is 7.13. The molecule has 1 aromatic heterocycles. The van der Waals surface area contributed by atoms with Crippen molar-refractivity contribution >= 4 is 34.5 Å². The van der Waals surface area contributed by atoms with Crippen molar-refractivity contribution in [2.75, 3.05) is 11.9 Å². The number of nitrogens with one attached hydrogen (secondary N) is 1. The third-order valence-corrected chi connectivity index (χ3v) is 4.23. The Hall–Kier alpha value is -2.03. The molecule has 0 saturated heterocycles. The van der Waals surface area contributed by atoms with E-state index in [-0.39, 0.29) is 12.5 Å². The number of halogens is 1. The fourth-order valence-electron chi connectivity index (χ4n) is 1.57. The maximum atomic E-state index is 12.2. The van der Waals surface area contributed by atoms with Crippen LogP contribution in [0.2, 0.25) is 5.02 Å². The quantitative estimate of drug-likeness (QED) is 0.932. The molecule has 1 N–H and O–H groups in total. The average Bonchev–Trinajstić information content (AvgIpc) is 2.78. The Morgan fingerprint density at radius 3 is 2.90 bits per heavy atom. The lowest BCUT2D eigenvalue weighted by Crippen LogP contribution is -2.12. The van der Waals surface area contributed by atoms with Gasteiger partial charge in [-0.1, -0.05) is 23.7 Å². The van der Waals surface area contributed by atoms with Crippen molar-refractivity contribution in [3.63, 3.8) is 0 Å². The van der Waals surface area contributed by atoms with E-state index in [1.807, 2.05) is 18.4 Å². The van der Waals surface area contributed by atoms with Gasteiger partial charge in [-0.2, -0.15) is 5.26 Å². The number of para-hydroxylation sites is 2. The minimum absolute atomic E-state index is 0.0776. The van der Waals surface area contributed by atoms with Gasteiger partial charge in [-0.15, -0.1) is 11.3 Å². The van der Waals surface area contributed by atoms with Gasteiger partial charge in [-0.25, -0.2) is 0 Å². The fraction of sp³-hybridized carbons (Fsp3) is 0.143. The van der Waals surface area contributed by atoms with E-state index in [1.54, 1.807) is 24.3 Å². The molecule has 0 spiro atoms. The molecule has 0 aliphatic rings. The minimum Gasteiger partial charge on any atom is -0.477 e. The molecular formula is C14H11ClN2O2S. The Balaban J connectivity index is 2.20. The fourth-order valence-corrected chi connectivity index (χ4v) is 2.74. The minimum atomic E-state index is -0.291. The number of nitrogens with zero attached hydrogens (tertiary/aromatic N) is 1. The molecule has 0 aliphatic carbocycles. The van der Waals surface area contributed by atoms with Crippen LogP contribution in [-0.2, 0) is 0 Å².